The molecule has 0 radical (unpaired) electrons. The van der Waals surface area contributed by atoms with Gasteiger partial charge in [0, 0.05) is 44.0 Å². The van der Waals surface area contributed by atoms with Gasteiger partial charge in [-0.05, 0) is 24.3 Å². The molecule has 150 valence electrons. The third-order valence-corrected chi connectivity index (χ3v) is 5.20. The molecule has 0 amide bonds. The van der Waals surface area contributed by atoms with Crippen LogP contribution in [0, 0.1) is 5.82 Å². The maximum absolute atomic E-state index is 13.8. The second kappa shape index (κ2) is 8.15. The first-order valence-corrected chi connectivity index (χ1v) is 10.7. The molecule has 1 aliphatic heterocycles. The molecule has 1 heterocycles. The summed E-state index contributed by atoms with van der Waals surface area (Å²) < 4.78 is 38.9. The molecule has 28 heavy (non-hydrogen) atoms. The molecule has 3 rings (SSSR count). The minimum Gasteiger partial charge on any atom is -0.478 e. The molecule has 2 aromatic rings. The molecule has 0 spiro atoms. The number of aromatic carboxylic acids is 1. The summed E-state index contributed by atoms with van der Waals surface area (Å²) in [6, 6.07) is 11.2. The molecular weight excluding hydrogens is 385 g/mol. The van der Waals surface area contributed by atoms with Crippen molar-refractivity contribution in [3.8, 4) is 0 Å². The van der Waals surface area contributed by atoms with Crippen LogP contribution in [0.1, 0.15) is 15.9 Å². The molecule has 1 fully saturated rings. The van der Waals surface area contributed by atoms with E-state index in [4.69, 9.17) is 0 Å². The predicted octanol–water partition coefficient (Wildman–Crippen LogP) is 2.22. The molecule has 0 bridgehead atoms. The fraction of sp³-hybridized carbons (Fsp3) is 0.316. The molecule has 0 saturated carbocycles. The van der Waals surface area contributed by atoms with Crippen LogP contribution >= 0.6 is 0 Å². The van der Waals surface area contributed by atoms with E-state index in [0.717, 1.165) is 6.26 Å². The van der Waals surface area contributed by atoms with E-state index in [1.54, 1.807) is 30.3 Å². The van der Waals surface area contributed by atoms with E-state index in [-0.39, 0.29) is 17.1 Å². The number of carboxylic acids is 1. The predicted molar refractivity (Wildman–Crippen MR) is 106 cm³/mol. The Balaban J connectivity index is 1.71. The van der Waals surface area contributed by atoms with Crippen LogP contribution in [0.5, 0.6) is 0 Å². The van der Waals surface area contributed by atoms with E-state index in [1.807, 2.05) is 4.90 Å². The van der Waals surface area contributed by atoms with Crippen molar-refractivity contribution in [1.82, 2.24) is 4.90 Å². The monoisotopic (exact) mass is 407 g/mol. The summed E-state index contributed by atoms with van der Waals surface area (Å²) in [5.41, 5.74) is 1.42. The Bertz CT molecular complexity index is 973. The highest BCUT2D eigenvalue weighted by Gasteiger charge is 2.22. The number of piperazine rings is 1. The number of halogens is 1. The van der Waals surface area contributed by atoms with Crippen LogP contribution in [0.2, 0.25) is 0 Å². The molecule has 0 unspecified atom stereocenters. The maximum atomic E-state index is 13.8. The average Bonchev–Trinajstić information content (AvgIpc) is 2.63. The van der Waals surface area contributed by atoms with Crippen molar-refractivity contribution in [3.05, 3.63) is 59.4 Å². The highest BCUT2D eigenvalue weighted by molar-refractivity contribution is 7.92. The molecule has 7 nitrogen and oxygen atoms in total. The van der Waals surface area contributed by atoms with Gasteiger partial charge in [0.25, 0.3) is 0 Å². The summed E-state index contributed by atoms with van der Waals surface area (Å²) in [5, 5.41) is 9.54. The second-order valence-corrected chi connectivity index (χ2v) is 8.51. The molecule has 1 aliphatic rings. The molecule has 0 atom stereocenters. The van der Waals surface area contributed by atoms with E-state index < -0.39 is 16.0 Å². The van der Waals surface area contributed by atoms with Gasteiger partial charge in [-0.2, -0.15) is 0 Å². The van der Waals surface area contributed by atoms with Crippen LogP contribution < -0.4 is 9.62 Å². The maximum Gasteiger partial charge on any atom is 0.337 e. The Labute approximate surface area is 163 Å². The van der Waals surface area contributed by atoms with E-state index in [0.29, 0.717) is 44.0 Å². The zero-order chi connectivity index (χ0) is 20.3. The third kappa shape index (κ3) is 4.99. The number of hydrogen-bond donors (Lipinski definition) is 2. The Hall–Kier alpha value is -2.65. The van der Waals surface area contributed by atoms with Gasteiger partial charge in [-0.15, -0.1) is 0 Å². The van der Waals surface area contributed by atoms with E-state index in [2.05, 4.69) is 9.62 Å². The molecule has 2 aromatic carbocycles. The lowest BCUT2D eigenvalue weighted by Crippen LogP contribution is -2.46. The molecule has 9 heteroatoms. The number of anilines is 2. The zero-order valence-electron chi connectivity index (χ0n) is 15.4. The lowest BCUT2D eigenvalue weighted by Gasteiger charge is -2.36. The van der Waals surface area contributed by atoms with Crippen LogP contribution in [-0.4, -0.2) is 56.8 Å². The molecule has 1 saturated heterocycles. The molecular formula is C19H22FN3O4S. The van der Waals surface area contributed by atoms with Gasteiger partial charge in [-0.25, -0.2) is 17.6 Å². The fourth-order valence-corrected chi connectivity index (χ4v) is 3.83. The number of carbonyl (C=O) groups is 1. The Morgan fingerprint density at radius 1 is 1.14 bits per heavy atom. The van der Waals surface area contributed by atoms with Crippen molar-refractivity contribution in [3.63, 3.8) is 0 Å². The Morgan fingerprint density at radius 3 is 2.43 bits per heavy atom. The van der Waals surface area contributed by atoms with Gasteiger partial charge >= 0.3 is 5.97 Å². The highest BCUT2D eigenvalue weighted by Crippen LogP contribution is 2.26. The smallest absolute Gasteiger partial charge is 0.337 e. The second-order valence-electron chi connectivity index (χ2n) is 6.77. The first-order chi connectivity index (χ1) is 13.2. The Kier molecular flexibility index (Phi) is 5.85. The first-order valence-electron chi connectivity index (χ1n) is 8.79. The van der Waals surface area contributed by atoms with Crippen LogP contribution in [0.25, 0.3) is 0 Å². The minimum absolute atomic E-state index is 0.0382. The topological polar surface area (TPSA) is 90.0 Å². The normalized spacial score (nSPS) is 15.4. The molecule has 0 aromatic heterocycles. The van der Waals surface area contributed by atoms with Gasteiger partial charge in [0.05, 0.1) is 17.5 Å². The summed E-state index contributed by atoms with van der Waals surface area (Å²) >= 11 is 0. The lowest BCUT2D eigenvalue weighted by molar-refractivity contribution is 0.0697. The average molecular weight is 407 g/mol. The summed E-state index contributed by atoms with van der Waals surface area (Å²) in [6.07, 6.45) is 1.01. The number of nitrogens with zero attached hydrogens (tertiary/aromatic N) is 2. The van der Waals surface area contributed by atoms with Gasteiger partial charge in [-0.3, -0.25) is 9.62 Å². The van der Waals surface area contributed by atoms with Crippen LogP contribution in [0.3, 0.4) is 0 Å². The lowest BCUT2D eigenvalue weighted by atomic mass is 10.1. The number of rotatable bonds is 6. The number of carboxylic acid groups (broad SMARTS) is 1. The van der Waals surface area contributed by atoms with E-state index >= 15 is 0 Å². The summed E-state index contributed by atoms with van der Waals surface area (Å²) in [5.74, 6) is -1.35. The van der Waals surface area contributed by atoms with Gasteiger partial charge in [0.15, 0.2) is 0 Å². The van der Waals surface area contributed by atoms with Crippen LogP contribution in [0.15, 0.2) is 42.5 Å². The fourth-order valence-electron chi connectivity index (χ4n) is 3.28. The van der Waals surface area contributed by atoms with E-state index in [9.17, 15) is 22.7 Å². The van der Waals surface area contributed by atoms with Gasteiger partial charge in [0.1, 0.15) is 5.82 Å². The standard InChI is InChI=1S/C19H22FN3O4S/c1-28(26,27)21-15-6-7-18(16(12-15)19(24)25)23-10-8-22(9-11-23)13-14-4-2-3-5-17(14)20/h2-7,12,21H,8-11,13H2,1H3,(H,24,25). The zero-order valence-corrected chi connectivity index (χ0v) is 16.2. The SMILES string of the molecule is CS(=O)(=O)Nc1ccc(N2CCN(Cc3ccccc3F)CC2)c(C(=O)O)c1. The first kappa shape index (κ1) is 20.1. The van der Waals surface area contributed by atoms with Crippen molar-refractivity contribution in [2.24, 2.45) is 0 Å². The van der Waals surface area contributed by atoms with Crippen molar-refractivity contribution in [2.45, 2.75) is 6.54 Å². The summed E-state index contributed by atoms with van der Waals surface area (Å²) in [6.45, 7) is 3.01. The van der Waals surface area contributed by atoms with Crippen molar-refractivity contribution >= 4 is 27.4 Å². The van der Waals surface area contributed by atoms with Crippen LogP contribution in [0.4, 0.5) is 15.8 Å². The summed E-state index contributed by atoms with van der Waals surface area (Å²) in [7, 11) is -3.49. The van der Waals surface area contributed by atoms with Crippen LogP contribution in [-0.2, 0) is 16.6 Å². The van der Waals surface area contributed by atoms with Gasteiger partial charge in [0.2, 0.25) is 10.0 Å². The van der Waals surface area contributed by atoms with Crippen molar-refractivity contribution < 1.29 is 22.7 Å². The molecule has 0 aliphatic carbocycles. The number of benzene rings is 2. The number of sulfonamides is 1. The highest BCUT2D eigenvalue weighted by atomic mass is 32.2. The minimum atomic E-state index is -3.49. The number of nitrogens with one attached hydrogen (secondary N) is 1. The van der Waals surface area contributed by atoms with Gasteiger partial charge in [-0.1, -0.05) is 18.2 Å². The van der Waals surface area contributed by atoms with E-state index in [1.165, 1.54) is 12.1 Å². The number of hydrogen-bond acceptors (Lipinski definition) is 5. The summed E-state index contributed by atoms with van der Waals surface area (Å²) in [4.78, 5) is 15.7. The third-order valence-electron chi connectivity index (χ3n) is 4.59. The van der Waals surface area contributed by atoms with Gasteiger partial charge < -0.3 is 10.0 Å². The largest absolute Gasteiger partial charge is 0.478 e. The molecule has 2 N–H and O–H groups in total. The quantitative estimate of drug-likeness (QED) is 0.763. The van der Waals surface area contributed by atoms with Crippen molar-refractivity contribution in [1.29, 1.82) is 0 Å². The van der Waals surface area contributed by atoms with Crippen molar-refractivity contribution in [2.75, 3.05) is 42.1 Å². The Morgan fingerprint density at radius 2 is 1.82 bits per heavy atom.